The number of aromatic hydroxyl groups is 1. The van der Waals surface area contributed by atoms with Gasteiger partial charge in [0.15, 0.2) is 0 Å². The lowest BCUT2D eigenvalue weighted by Crippen LogP contribution is -2.61. The van der Waals surface area contributed by atoms with Crippen LogP contribution in [0, 0.1) is 5.92 Å². The highest BCUT2D eigenvalue weighted by Crippen LogP contribution is 2.51. The van der Waals surface area contributed by atoms with Crippen LogP contribution in [0.25, 0.3) is 10.8 Å². The van der Waals surface area contributed by atoms with Crippen molar-refractivity contribution in [3.05, 3.63) is 90.5 Å². The first kappa shape index (κ1) is 24.5. The number of ether oxygens (including phenoxy) is 1. The van der Waals surface area contributed by atoms with Crippen molar-refractivity contribution in [3.63, 3.8) is 0 Å². The minimum atomic E-state index is -0.183. The standard InChI is InChI=1S/C31H36N2O3/c1-4-15-33-16-14-31(25-10-7-11-27(34)18-25)20-26(19-29(36-3)28(31)21-33)32(2)30(35)24-13-12-22-8-5-6-9-23(22)17-24/h4-13,17-18,26,28-29,34H,1,14-16,19-21H2,2-3H3. The fraction of sp³-hybridized carbons (Fsp3) is 0.387. The zero-order valence-corrected chi connectivity index (χ0v) is 21.3. The Bertz CT molecular complexity index is 1260. The van der Waals surface area contributed by atoms with Gasteiger partial charge in [0.2, 0.25) is 0 Å². The Morgan fingerprint density at radius 2 is 1.97 bits per heavy atom. The van der Waals surface area contributed by atoms with Crippen LogP contribution in [-0.4, -0.2) is 66.8 Å². The van der Waals surface area contributed by atoms with E-state index in [0.717, 1.165) is 55.2 Å². The van der Waals surface area contributed by atoms with Crippen LogP contribution in [0.3, 0.4) is 0 Å². The molecule has 1 aliphatic heterocycles. The molecule has 4 unspecified atom stereocenters. The molecule has 3 aromatic rings. The summed E-state index contributed by atoms with van der Waals surface area (Å²) >= 11 is 0. The number of hydrogen-bond acceptors (Lipinski definition) is 4. The molecule has 0 bridgehead atoms. The van der Waals surface area contributed by atoms with Crippen LogP contribution in [0.15, 0.2) is 79.4 Å². The number of amides is 1. The van der Waals surface area contributed by atoms with E-state index in [1.807, 2.05) is 66.6 Å². The highest BCUT2D eigenvalue weighted by atomic mass is 16.5. The topological polar surface area (TPSA) is 53.0 Å². The Morgan fingerprint density at radius 1 is 1.17 bits per heavy atom. The SMILES string of the molecule is C=CCN1CCC2(c3cccc(O)c3)CC(N(C)C(=O)c3ccc4ccccc4c3)CC(OC)C2C1. The van der Waals surface area contributed by atoms with Gasteiger partial charge >= 0.3 is 0 Å². The number of phenolic OH excluding ortho intramolecular Hbond substituents is 1. The van der Waals surface area contributed by atoms with Gasteiger partial charge in [-0.05, 0) is 66.4 Å². The van der Waals surface area contributed by atoms with Crippen molar-refractivity contribution in [2.24, 2.45) is 5.92 Å². The number of carbonyl (C=O) groups excluding carboxylic acids is 1. The Hall–Kier alpha value is -3.15. The van der Waals surface area contributed by atoms with Gasteiger partial charge in [-0.1, -0.05) is 48.5 Å². The van der Waals surface area contributed by atoms with Crippen molar-refractivity contribution < 1.29 is 14.6 Å². The second kappa shape index (κ2) is 10.1. The highest BCUT2D eigenvalue weighted by molar-refractivity contribution is 5.98. The third-order valence-corrected chi connectivity index (χ3v) is 8.57. The largest absolute Gasteiger partial charge is 0.508 e. The highest BCUT2D eigenvalue weighted by Gasteiger charge is 2.53. The average molecular weight is 485 g/mol. The van der Waals surface area contributed by atoms with Gasteiger partial charge < -0.3 is 14.7 Å². The van der Waals surface area contributed by atoms with Gasteiger partial charge in [-0.2, -0.15) is 0 Å². The molecule has 5 nitrogen and oxygen atoms in total. The monoisotopic (exact) mass is 484 g/mol. The van der Waals surface area contributed by atoms with Crippen LogP contribution in [-0.2, 0) is 10.2 Å². The Labute approximate surface area is 214 Å². The lowest BCUT2D eigenvalue weighted by atomic mass is 9.56. The summed E-state index contributed by atoms with van der Waals surface area (Å²) in [6, 6.07) is 21.8. The normalized spacial score (nSPS) is 26.3. The summed E-state index contributed by atoms with van der Waals surface area (Å²) in [6.45, 7) is 6.65. The lowest BCUT2D eigenvalue weighted by Gasteiger charge is -2.56. The van der Waals surface area contributed by atoms with E-state index >= 15 is 0 Å². The molecule has 2 aliphatic rings. The summed E-state index contributed by atoms with van der Waals surface area (Å²) in [4.78, 5) is 18.1. The third kappa shape index (κ3) is 4.42. The zero-order valence-electron chi connectivity index (χ0n) is 21.3. The smallest absolute Gasteiger partial charge is 0.253 e. The van der Waals surface area contributed by atoms with E-state index in [1.165, 1.54) is 0 Å². The fourth-order valence-corrected chi connectivity index (χ4v) is 6.64. The van der Waals surface area contributed by atoms with Crippen LogP contribution < -0.4 is 0 Å². The molecule has 0 spiro atoms. The first-order valence-electron chi connectivity index (χ1n) is 12.9. The number of hydrogen-bond donors (Lipinski definition) is 1. The van der Waals surface area contributed by atoms with Crippen LogP contribution in [0.1, 0.15) is 35.2 Å². The van der Waals surface area contributed by atoms with Crippen molar-refractivity contribution in [1.29, 1.82) is 0 Å². The summed E-state index contributed by atoms with van der Waals surface area (Å²) in [5, 5.41) is 12.6. The summed E-state index contributed by atoms with van der Waals surface area (Å²) in [6.07, 6.45) is 4.55. The summed E-state index contributed by atoms with van der Waals surface area (Å²) in [5.41, 5.74) is 1.67. The molecule has 1 saturated heterocycles. The van der Waals surface area contributed by atoms with Gasteiger partial charge in [-0.25, -0.2) is 0 Å². The summed E-state index contributed by atoms with van der Waals surface area (Å²) in [5.74, 6) is 0.582. The molecular weight excluding hydrogens is 448 g/mol. The van der Waals surface area contributed by atoms with Gasteiger partial charge in [0.1, 0.15) is 5.75 Å². The van der Waals surface area contributed by atoms with Crippen LogP contribution in [0.2, 0.25) is 0 Å². The van der Waals surface area contributed by atoms with Gasteiger partial charge in [-0.3, -0.25) is 9.69 Å². The number of benzene rings is 3. The Balaban J connectivity index is 1.49. The first-order chi connectivity index (χ1) is 17.4. The van der Waals surface area contributed by atoms with Crippen LogP contribution in [0.5, 0.6) is 5.75 Å². The Morgan fingerprint density at radius 3 is 2.72 bits per heavy atom. The molecular formula is C31H36N2O3. The molecule has 1 heterocycles. The molecule has 0 aromatic heterocycles. The predicted octanol–water partition coefficient (Wildman–Crippen LogP) is 5.24. The van der Waals surface area contributed by atoms with E-state index < -0.39 is 0 Å². The first-order valence-corrected chi connectivity index (χ1v) is 12.9. The maximum absolute atomic E-state index is 13.7. The zero-order chi connectivity index (χ0) is 25.3. The second-order valence-corrected chi connectivity index (χ2v) is 10.5. The second-order valence-electron chi connectivity index (χ2n) is 10.5. The van der Waals surface area contributed by atoms with E-state index in [9.17, 15) is 9.90 Å². The molecule has 188 valence electrons. The van der Waals surface area contributed by atoms with Crippen molar-refractivity contribution in [2.45, 2.75) is 36.8 Å². The van der Waals surface area contributed by atoms with Crippen LogP contribution >= 0.6 is 0 Å². The number of piperidine rings is 1. The molecule has 1 aliphatic carbocycles. The number of rotatable bonds is 6. The molecule has 1 N–H and O–H groups in total. The van der Waals surface area contributed by atoms with Crippen molar-refractivity contribution in [3.8, 4) is 5.75 Å². The summed E-state index contributed by atoms with van der Waals surface area (Å²) in [7, 11) is 3.72. The van der Waals surface area contributed by atoms with Gasteiger partial charge in [0.25, 0.3) is 5.91 Å². The quantitative estimate of drug-likeness (QED) is 0.486. The number of likely N-dealkylation sites (tertiary alicyclic amines) is 1. The molecule has 1 saturated carbocycles. The van der Waals surface area contributed by atoms with E-state index in [0.29, 0.717) is 5.56 Å². The molecule has 0 radical (unpaired) electrons. The van der Waals surface area contributed by atoms with Gasteiger partial charge in [0.05, 0.1) is 6.10 Å². The number of methoxy groups -OCH3 is 1. The maximum atomic E-state index is 13.7. The molecule has 2 fully saturated rings. The van der Waals surface area contributed by atoms with Crippen LogP contribution in [0.4, 0.5) is 0 Å². The average Bonchev–Trinajstić information content (AvgIpc) is 2.91. The van der Waals surface area contributed by atoms with Crippen molar-refractivity contribution >= 4 is 16.7 Å². The van der Waals surface area contributed by atoms with E-state index in [1.54, 1.807) is 13.2 Å². The van der Waals surface area contributed by atoms with E-state index in [4.69, 9.17) is 4.74 Å². The van der Waals surface area contributed by atoms with Gasteiger partial charge in [-0.15, -0.1) is 6.58 Å². The van der Waals surface area contributed by atoms with Crippen molar-refractivity contribution in [1.82, 2.24) is 9.80 Å². The number of carbonyl (C=O) groups is 1. The molecule has 5 heteroatoms. The minimum Gasteiger partial charge on any atom is -0.508 e. The molecule has 4 atom stereocenters. The lowest BCUT2D eigenvalue weighted by molar-refractivity contribution is -0.0772. The molecule has 5 rings (SSSR count). The fourth-order valence-electron chi connectivity index (χ4n) is 6.64. The maximum Gasteiger partial charge on any atom is 0.253 e. The third-order valence-electron chi connectivity index (χ3n) is 8.57. The van der Waals surface area contributed by atoms with E-state index in [-0.39, 0.29) is 35.1 Å². The molecule has 1 amide bonds. The van der Waals surface area contributed by atoms with E-state index in [2.05, 4.69) is 23.6 Å². The molecule has 3 aromatic carbocycles. The number of phenols is 1. The van der Waals surface area contributed by atoms with Gasteiger partial charge in [0, 0.05) is 50.2 Å². The molecule has 36 heavy (non-hydrogen) atoms. The minimum absolute atomic E-state index is 0.00516. The number of fused-ring (bicyclic) bond motifs is 2. The van der Waals surface area contributed by atoms with Crippen molar-refractivity contribution in [2.75, 3.05) is 33.8 Å². The number of nitrogens with zero attached hydrogens (tertiary/aromatic N) is 2. The summed E-state index contributed by atoms with van der Waals surface area (Å²) < 4.78 is 6.13. The Kier molecular flexibility index (Phi) is 6.87. The predicted molar refractivity (Wildman–Crippen MR) is 144 cm³/mol.